The Bertz CT molecular complexity index is 986. The van der Waals surface area contributed by atoms with Crippen LogP contribution in [-0.4, -0.2) is 21.9 Å². The van der Waals surface area contributed by atoms with E-state index in [0.717, 1.165) is 15.8 Å². The Hall–Kier alpha value is -3.29. The molecular weight excluding hydrogens is 381 g/mol. The maximum atomic E-state index is 13.7. The van der Waals surface area contributed by atoms with Gasteiger partial charge in [0, 0.05) is 19.0 Å². The standard InChI is InChI=1S/C21H19F3N4O/c22-21(23,24)18-11-16(15-9-5-2-6-10-15)26-19-12-17(27-28(18)19)20(29)25-13-14-7-3-1-4-8-14/h1-10,12,16,18,26H,11,13H2,(H,25,29)/t16-,18-/m0/s1. The Morgan fingerprint density at radius 1 is 1.10 bits per heavy atom. The molecule has 1 aliphatic rings. The summed E-state index contributed by atoms with van der Waals surface area (Å²) in [4.78, 5) is 12.4. The number of rotatable bonds is 4. The predicted octanol–water partition coefficient (Wildman–Crippen LogP) is 4.47. The number of hydrogen-bond donors (Lipinski definition) is 2. The van der Waals surface area contributed by atoms with Gasteiger partial charge in [0.1, 0.15) is 5.82 Å². The van der Waals surface area contributed by atoms with Gasteiger partial charge in [-0.2, -0.15) is 18.3 Å². The first kappa shape index (κ1) is 19.0. The highest BCUT2D eigenvalue weighted by Gasteiger charge is 2.46. The zero-order valence-electron chi connectivity index (χ0n) is 15.4. The monoisotopic (exact) mass is 400 g/mol. The molecule has 0 spiro atoms. The molecule has 0 aliphatic carbocycles. The number of nitrogens with zero attached hydrogens (tertiary/aromatic N) is 2. The van der Waals surface area contributed by atoms with Crippen LogP contribution in [0.2, 0.25) is 0 Å². The lowest BCUT2D eigenvalue weighted by Gasteiger charge is -2.33. The number of nitrogens with one attached hydrogen (secondary N) is 2. The Kier molecular flexibility index (Phi) is 5.00. The molecule has 29 heavy (non-hydrogen) atoms. The minimum absolute atomic E-state index is 0.0496. The third kappa shape index (κ3) is 4.11. The number of carbonyl (C=O) groups is 1. The molecule has 2 atom stereocenters. The molecular formula is C21H19F3N4O. The van der Waals surface area contributed by atoms with E-state index in [1.54, 1.807) is 24.3 Å². The van der Waals surface area contributed by atoms with Gasteiger partial charge in [0.2, 0.25) is 0 Å². The fourth-order valence-electron chi connectivity index (χ4n) is 3.46. The van der Waals surface area contributed by atoms with Crippen LogP contribution in [0.3, 0.4) is 0 Å². The van der Waals surface area contributed by atoms with E-state index < -0.39 is 24.2 Å². The van der Waals surface area contributed by atoms with Crippen molar-refractivity contribution in [1.82, 2.24) is 15.1 Å². The van der Waals surface area contributed by atoms with E-state index in [9.17, 15) is 18.0 Å². The minimum Gasteiger partial charge on any atom is -0.363 e. The van der Waals surface area contributed by atoms with E-state index in [-0.39, 0.29) is 24.5 Å². The van der Waals surface area contributed by atoms with Crippen LogP contribution in [0.4, 0.5) is 19.0 Å². The van der Waals surface area contributed by atoms with Crippen LogP contribution < -0.4 is 10.6 Å². The topological polar surface area (TPSA) is 59.0 Å². The van der Waals surface area contributed by atoms with Crippen LogP contribution in [0.1, 0.15) is 40.1 Å². The molecule has 1 amide bonds. The minimum atomic E-state index is -4.48. The summed E-state index contributed by atoms with van der Waals surface area (Å²) in [5.74, 6) is -0.341. The highest BCUT2D eigenvalue weighted by atomic mass is 19.4. The predicted molar refractivity (Wildman–Crippen MR) is 102 cm³/mol. The van der Waals surface area contributed by atoms with Crippen LogP contribution in [0, 0.1) is 0 Å². The van der Waals surface area contributed by atoms with Crippen molar-refractivity contribution in [2.45, 2.75) is 31.2 Å². The second-order valence-corrected chi connectivity index (χ2v) is 6.93. The van der Waals surface area contributed by atoms with Gasteiger partial charge in [-0.3, -0.25) is 4.79 Å². The Balaban J connectivity index is 1.58. The average Bonchev–Trinajstić information content (AvgIpc) is 3.16. The molecule has 0 fully saturated rings. The van der Waals surface area contributed by atoms with Gasteiger partial charge < -0.3 is 10.6 Å². The lowest BCUT2D eigenvalue weighted by Crippen LogP contribution is -2.35. The summed E-state index contributed by atoms with van der Waals surface area (Å²) in [5, 5.41) is 9.74. The van der Waals surface area contributed by atoms with E-state index in [4.69, 9.17) is 0 Å². The third-order valence-electron chi connectivity index (χ3n) is 4.92. The maximum absolute atomic E-state index is 13.7. The van der Waals surface area contributed by atoms with Gasteiger partial charge in [-0.15, -0.1) is 0 Å². The molecule has 2 heterocycles. The van der Waals surface area contributed by atoms with Crippen molar-refractivity contribution < 1.29 is 18.0 Å². The lowest BCUT2D eigenvalue weighted by molar-refractivity contribution is -0.173. The summed E-state index contributed by atoms with van der Waals surface area (Å²) in [6, 6.07) is 17.2. The van der Waals surface area contributed by atoms with Crippen molar-refractivity contribution in [3.8, 4) is 0 Å². The zero-order chi connectivity index (χ0) is 20.4. The molecule has 0 saturated heterocycles. The average molecular weight is 400 g/mol. The van der Waals surface area contributed by atoms with Gasteiger partial charge in [-0.25, -0.2) is 4.68 Å². The van der Waals surface area contributed by atoms with E-state index in [0.29, 0.717) is 0 Å². The van der Waals surface area contributed by atoms with Crippen LogP contribution in [0.15, 0.2) is 66.7 Å². The lowest BCUT2D eigenvalue weighted by atomic mass is 9.97. The molecule has 0 unspecified atom stereocenters. The molecule has 0 radical (unpaired) electrons. The number of alkyl halides is 3. The number of halogens is 3. The number of amides is 1. The molecule has 150 valence electrons. The van der Waals surface area contributed by atoms with Crippen LogP contribution in [0.5, 0.6) is 0 Å². The highest BCUT2D eigenvalue weighted by molar-refractivity contribution is 5.93. The molecule has 2 N–H and O–H groups in total. The van der Waals surface area contributed by atoms with Gasteiger partial charge >= 0.3 is 6.18 Å². The number of hydrogen-bond acceptors (Lipinski definition) is 3. The summed E-state index contributed by atoms with van der Waals surface area (Å²) in [6.45, 7) is 0.268. The van der Waals surface area contributed by atoms with E-state index in [1.807, 2.05) is 36.4 Å². The molecule has 1 aliphatic heterocycles. The first-order valence-electron chi connectivity index (χ1n) is 9.21. The van der Waals surface area contributed by atoms with Gasteiger partial charge in [0.15, 0.2) is 11.7 Å². The second kappa shape index (κ2) is 7.62. The molecule has 3 aromatic rings. The fraction of sp³-hybridized carbons (Fsp3) is 0.238. The van der Waals surface area contributed by atoms with Crippen molar-refractivity contribution in [3.05, 3.63) is 83.6 Å². The van der Waals surface area contributed by atoms with Gasteiger partial charge in [-0.05, 0) is 11.1 Å². The Morgan fingerprint density at radius 3 is 2.41 bits per heavy atom. The number of carbonyl (C=O) groups excluding carboxylic acids is 1. The summed E-state index contributed by atoms with van der Waals surface area (Å²) in [5.41, 5.74) is 1.59. The number of fused-ring (bicyclic) bond motifs is 1. The highest BCUT2D eigenvalue weighted by Crippen LogP contribution is 2.43. The SMILES string of the molecule is O=C(NCc1ccccc1)c1cc2n(n1)[C@H](C(F)(F)F)C[C@@H](c1ccccc1)N2. The number of benzene rings is 2. The van der Waals surface area contributed by atoms with E-state index in [2.05, 4.69) is 15.7 Å². The molecule has 0 bridgehead atoms. The van der Waals surface area contributed by atoms with Crippen molar-refractivity contribution >= 4 is 11.7 Å². The van der Waals surface area contributed by atoms with Gasteiger partial charge in [0.25, 0.3) is 5.91 Å². The number of anilines is 1. The molecule has 0 saturated carbocycles. The van der Waals surface area contributed by atoms with E-state index in [1.165, 1.54) is 6.07 Å². The third-order valence-corrected chi connectivity index (χ3v) is 4.92. The molecule has 1 aromatic heterocycles. The summed E-state index contributed by atoms with van der Waals surface area (Å²) >= 11 is 0. The van der Waals surface area contributed by atoms with Crippen molar-refractivity contribution in [3.63, 3.8) is 0 Å². The molecule has 5 nitrogen and oxygen atoms in total. The van der Waals surface area contributed by atoms with Crippen LogP contribution in [-0.2, 0) is 6.54 Å². The molecule has 4 rings (SSSR count). The quantitative estimate of drug-likeness (QED) is 0.679. The van der Waals surface area contributed by atoms with Crippen LogP contribution in [0.25, 0.3) is 0 Å². The van der Waals surface area contributed by atoms with Gasteiger partial charge in [0.05, 0.1) is 6.04 Å². The van der Waals surface area contributed by atoms with E-state index >= 15 is 0 Å². The van der Waals surface area contributed by atoms with Crippen molar-refractivity contribution in [2.75, 3.05) is 5.32 Å². The molecule has 8 heteroatoms. The fourth-order valence-corrected chi connectivity index (χ4v) is 3.46. The number of aromatic nitrogens is 2. The Morgan fingerprint density at radius 2 is 1.76 bits per heavy atom. The van der Waals surface area contributed by atoms with Gasteiger partial charge in [-0.1, -0.05) is 60.7 Å². The summed E-state index contributed by atoms with van der Waals surface area (Å²) in [7, 11) is 0. The first-order chi connectivity index (χ1) is 13.9. The Labute approximate surface area is 165 Å². The smallest absolute Gasteiger partial charge is 0.363 e. The second-order valence-electron chi connectivity index (χ2n) is 6.93. The maximum Gasteiger partial charge on any atom is 0.410 e. The van der Waals surface area contributed by atoms with Crippen molar-refractivity contribution in [1.29, 1.82) is 0 Å². The summed E-state index contributed by atoms with van der Waals surface area (Å²) < 4.78 is 42.0. The van der Waals surface area contributed by atoms with Crippen LogP contribution >= 0.6 is 0 Å². The summed E-state index contributed by atoms with van der Waals surface area (Å²) in [6.07, 6.45) is -4.68. The molecule has 2 aromatic carbocycles. The van der Waals surface area contributed by atoms with Crippen molar-refractivity contribution in [2.24, 2.45) is 0 Å². The normalized spacial score (nSPS) is 18.6. The zero-order valence-corrected chi connectivity index (χ0v) is 15.4. The largest absolute Gasteiger partial charge is 0.410 e. The first-order valence-corrected chi connectivity index (χ1v) is 9.21.